The third-order valence-corrected chi connectivity index (χ3v) is 4.82. The zero-order valence-electron chi connectivity index (χ0n) is 17.3. The predicted octanol–water partition coefficient (Wildman–Crippen LogP) is 2.47. The highest BCUT2D eigenvalue weighted by atomic mass is 16.2. The molecule has 0 bridgehead atoms. The van der Waals surface area contributed by atoms with Crippen molar-refractivity contribution in [1.82, 2.24) is 25.0 Å². The first-order valence-corrected chi connectivity index (χ1v) is 9.66. The molecule has 3 heterocycles. The molecule has 0 fully saturated rings. The molecule has 10 nitrogen and oxygen atoms in total. The summed E-state index contributed by atoms with van der Waals surface area (Å²) in [6.45, 7) is 3.59. The highest BCUT2D eigenvalue weighted by Crippen LogP contribution is 2.22. The molecule has 0 aliphatic rings. The van der Waals surface area contributed by atoms with E-state index in [9.17, 15) is 14.4 Å². The van der Waals surface area contributed by atoms with Gasteiger partial charge in [-0.1, -0.05) is 6.07 Å². The number of nitrogens with one attached hydrogen (secondary N) is 3. The third-order valence-electron chi connectivity index (χ3n) is 4.82. The summed E-state index contributed by atoms with van der Waals surface area (Å²) in [5.74, 6) is -0.254. The number of hydrogen-bond acceptors (Lipinski definition) is 6. The summed E-state index contributed by atoms with van der Waals surface area (Å²) in [7, 11) is 0. The summed E-state index contributed by atoms with van der Waals surface area (Å²) < 4.78 is 1.46. The van der Waals surface area contributed by atoms with E-state index >= 15 is 0 Å². The van der Waals surface area contributed by atoms with Crippen molar-refractivity contribution in [1.29, 1.82) is 0 Å². The van der Waals surface area contributed by atoms with E-state index in [1.165, 1.54) is 23.0 Å². The third kappa shape index (κ3) is 4.29. The predicted molar refractivity (Wildman–Crippen MR) is 118 cm³/mol. The number of benzene rings is 1. The van der Waals surface area contributed by atoms with Crippen LogP contribution in [0.1, 0.15) is 32.0 Å². The molecule has 160 valence electrons. The lowest BCUT2D eigenvalue weighted by Gasteiger charge is -2.12. The first-order valence-electron chi connectivity index (χ1n) is 9.66. The molecule has 4 rings (SSSR count). The monoisotopic (exact) mass is 429 g/mol. The topological polar surface area (TPSA) is 135 Å². The number of pyridine rings is 1. The van der Waals surface area contributed by atoms with E-state index < -0.39 is 0 Å². The van der Waals surface area contributed by atoms with Crippen LogP contribution in [0, 0.1) is 13.8 Å². The maximum absolute atomic E-state index is 12.8. The largest absolute Gasteiger partial charge is 0.322 e. The van der Waals surface area contributed by atoms with E-state index in [0.29, 0.717) is 34.0 Å². The fraction of sp³-hybridized carbons (Fsp3) is 0.0909. The van der Waals surface area contributed by atoms with Crippen molar-refractivity contribution >= 4 is 23.2 Å². The first-order chi connectivity index (χ1) is 15.4. The van der Waals surface area contributed by atoms with Crippen LogP contribution in [0.2, 0.25) is 0 Å². The minimum atomic E-state index is -0.367. The Hall–Kier alpha value is -4.60. The molecule has 0 atom stereocenters. The molecule has 2 amide bonds. The number of nitrogens with zero attached hydrogens (tertiary/aromatic N) is 4. The van der Waals surface area contributed by atoms with Gasteiger partial charge in [-0.2, -0.15) is 10.2 Å². The Kier molecular flexibility index (Phi) is 5.58. The van der Waals surface area contributed by atoms with Crippen LogP contribution in [-0.2, 0) is 0 Å². The molecule has 10 heteroatoms. The highest BCUT2D eigenvalue weighted by molar-refractivity contribution is 6.07. The van der Waals surface area contributed by atoms with Gasteiger partial charge in [-0.05, 0) is 49.7 Å². The molecule has 0 saturated carbocycles. The Morgan fingerprint density at radius 2 is 1.75 bits per heavy atom. The van der Waals surface area contributed by atoms with Crippen LogP contribution in [-0.4, -0.2) is 36.8 Å². The number of aromatic nitrogens is 5. The van der Waals surface area contributed by atoms with Gasteiger partial charge in [0.05, 0.1) is 17.5 Å². The van der Waals surface area contributed by atoms with Crippen molar-refractivity contribution in [3.8, 4) is 5.82 Å². The zero-order chi connectivity index (χ0) is 22.7. The van der Waals surface area contributed by atoms with E-state index in [4.69, 9.17) is 0 Å². The zero-order valence-corrected chi connectivity index (χ0v) is 17.3. The molecule has 0 spiro atoms. The highest BCUT2D eigenvalue weighted by Gasteiger charge is 2.17. The lowest BCUT2D eigenvalue weighted by atomic mass is 10.1. The van der Waals surface area contributed by atoms with Gasteiger partial charge in [0, 0.05) is 35.4 Å². The van der Waals surface area contributed by atoms with Gasteiger partial charge in [-0.15, -0.1) is 0 Å². The second-order valence-corrected chi connectivity index (χ2v) is 7.01. The maximum atomic E-state index is 12.8. The van der Waals surface area contributed by atoms with Crippen LogP contribution >= 0.6 is 0 Å². The second kappa shape index (κ2) is 8.64. The maximum Gasteiger partial charge on any atom is 0.264 e. The molecular formula is C22H19N7O3. The van der Waals surface area contributed by atoms with E-state index in [1.54, 1.807) is 49.6 Å². The molecule has 4 aromatic rings. The van der Waals surface area contributed by atoms with Gasteiger partial charge in [0.2, 0.25) is 0 Å². The summed E-state index contributed by atoms with van der Waals surface area (Å²) >= 11 is 0. The molecule has 32 heavy (non-hydrogen) atoms. The Morgan fingerprint density at radius 1 is 0.969 bits per heavy atom. The molecule has 3 aromatic heterocycles. The van der Waals surface area contributed by atoms with Crippen LogP contribution in [0.4, 0.5) is 11.4 Å². The summed E-state index contributed by atoms with van der Waals surface area (Å²) in [4.78, 5) is 40.4. The standard InChI is InChI=1S/C22H19N7O3/c1-13-3-4-16(11-18(13)26-21(31)15-7-9-23-10-8-15)25-22(32)17-12-24-29(14(17)2)19-5-6-20(30)28-27-19/h3-12H,1-2H3,(H,25,32)(H,26,31)(H,28,30). The lowest BCUT2D eigenvalue weighted by molar-refractivity contribution is 0.101. The van der Waals surface area contributed by atoms with Crippen molar-refractivity contribution in [2.75, 3.05) is 10.6 Å². The van der Waals surface area contributed by atoms with E-state index in [2.05, 4.69) is 30.9 Å². The van der Waals surface area contributed by atoms with Crippen LogP contribution in [0.25, 0.3) is 5.82 Å². The van der Waals surface area contributed by atoms with Crippen LogP contribution in [0.15, 0.2) is 65.8 Å². The summed E-state index contributed by atoms with van der Waals surface area (Å²) in [6, 6.07) is 11.3. The molecule has 0 aliphatic carbocycles. The number of anilines is 2. The Balaban J connectivity index is 1.53. The molecule has 1 aromatic carbocycles. The number of rotatable bonds is 5. The number of aromatic amines is 1. The van der Waals surface area contributed by atoms with E-state index in [1.807, 2.05) is 6.92 Å². The van der Waals surface area contributed by atoms with Gasteiger partial charge in [0.15, 0.2) is 5.82 Å². The van der Waals surface area contributed by atoms with Gasteiger partial charge in [0.1, 0.15) is 0 Å². The number of H-pyrrole nitrogens is 1. The van der Waals surface area contributed by atoms with Crippen LogP contribution in [0.3, 0.4) is 0 Å². The summed E-state index contributed by atoms with van der Waals surface area (Å²) in [5, 5.41) is 16.1. The fourth-order valence-corrected chi connectivity index (χ4v) is 3.05. The molecule has 0 unspecified atom stereocenters. The number of hydrogen-bond donors (Lipinski definition) is 3. The van der Waals surface area contributed by atoms with Crippen LogP contribution in [0.5, 0.6) is 0 Å². The smallest absolute Gasteiger partial charge is 0.264 e. The quantitative estimate of drug-likeness (QED) is 0.446. The SMILES string of the molecule is Cc1ccc(NC(=O)c2cnn(-c3ccc(=O)[nH]n3)c2C)cc1NC(=O)c1ccncc1. The minimum Gasteiger partial charge on any atom is -0.322 e. The fourth-order valence-electron chi connectivity index (χ4n) is 3.05. The van der Waals surface area contributed by atoms with E-state index in [0.717, 1.165) is 5.56 Å². The van der Waals surface area contributed by atoms with Crippen LogP contribution < -0.4 is 16.2 Å². The number of aryl methyl sites for hydroxylation is 1. The number of amides is 2. The number of carbonyl (C=O) groups excluding carboxylic acids is 2. The van der Waals surface area contributed by atoms with Gasteiger partial charge < -0.3 is 10.6 Å². The van der Waals surface area contributed by atoms with E-state index in [-0.39, 0.29) is 17.4 Å². The molecule has 3 N–H and O–H groups in total. The van der Waals surface area contributed by atoms with Crippen molar-refractivity contribution in [2.45, 2.75) is 13.8 Å². The second-order valence-electron chi connectivity index (χ2n) is 7.01. The van der Waals surface area contributed by atoms with Crippen molar-refractivity contribution < 1.29 is 9.59 Å². The van der Waals surface area contributed by atoms with Crippen molar-refractivity contribution in [3.63, 3.8) is 0 Å². The van der Waals surface area contributed by atoms with Gasteiger partial charge >= 0.3 is 0 Å². The average molecular weight is 429 g/mol. The van der Waals surface area contributed by atoms with Gasteiger partial charge in [0.25, 0.3) is 17.4 Å². The molecule has 0 radical (unpaired) electrons. The van der Waals surface area contributed by atoms with Gasteiger partial charge in [-0.3, -0.25) is 19.4 Å². The molecule has 0 saturated heterocycles. The first kappa shape index (κ1) is 20.7. The summed E-state index contributed by atoms with van der Waals surface area (Å²) in [6.07, 6.45) is 4.52. The molecule has 0 aliphatic heterocycles. The summed E-state index contributed by atoms with van der Waals surface area (Å²) in [5.41, 5.74) is 2.99. The lowest BCUT2D eigenvalue weighted by Crippen LogP contribution is -2.15. The van der Waals surface area contributed by atoms with Gasteiger partial charge in [-0.25, -0.2) is 9.78 Å². The molecular weight excluding hydrogens is 410 g/mol. The minimum absolute atomic E-state index is 0.274. The number of carbonyl (C=O) groups is 2. The Bertz CT molecular complexity index is 1340. The Labute approximate surface area is 182 Å². The van der Waals surface area contributed by atoms with Crippen molar-refractivity contribution in [2.24, 2.45) is 0 Å². The van der Waals surface area contributed by atoms with Crippen molar-refractivity contribution in [3.05, 3.63) is 93.8 Å². The average Bonchev–Trinajstić information content (AvgIpc) is 3.18. The Morgan fingerprint density at radius 3 is 2.47 bits per heavy atom. The normalized spacial score (nSPS) is 10.6.